The summed E-state index contributed by atoms with van der Waals surface area (Å²) in [6.07, 6.45) is 0. The van der Waals surface area contributed by atoms with Crippen LogP contribution >= 0.6 is 0 Å². The summed E-state index contributed by atoms with van der Waals surface area (Å²) >= 11 is 0. The Morgan fingerprint density at radius 1 is 0.514 bits per heavy atom. The minimum Gasteiger partial charge on any atom is -0.309 e. The van der Waals surface area contributed by atoms with E-state index < -0.39 is 0 Å². The van der Waals surface area contributed by atoms with E-state index in [-0.39, 0.29) is 5.78 Å². The Balaban J connectivity index is 1.41. The lowest BCUT2D eigenvalue weighted by molar-refractivity contribution is -0.0992. The van der Waals surface area contributed by atoms with Crippen LogP contribution in [-0.4, -0.2) is 10.4 Å². The van der Waals surface area contributed by atoms with Gasteiger partial charge in [0.05, 0.1) is 22.2 Å². The highest BCUT2D eigenvalue weighted by Gasteiger charge is 2.24. The number of aromatic nitrogens is 1. The molecule has 0 aliphatic carbocycles. The predicted octanol–water partition coefficient (Wildman–Crippen LogP) is 7.37. The van der Waals surface area contributed by atoms with Gasteiger partial charge in [-0.25, -0.2) is 0 Å². The van der Waals surface area contributed by atoms with Crippen LogP contribution in [0, 0.1) is 0 Å². The van der Waals surface area contributed by atoms with E-state index >= 15 is 0 Å². The number of benzene rings is 5. The Kier molecular flexibility index (Phi) is 4.26. The molecule has 0 radical (unpaired) electrons. The molecule has 4 heteroatoms. The Labute approximate surface area is 201 Å². The molecule has 1 aromatic heterocycles. The minimum atomic E-state index is -0.114. The number of hydrogen-bond acceptors (Lipinski definition) is 3. The van der Waals surface area contributed by atoms with E-state index in [1.807, 2.05) is 30.3 Å². The van der Waals surface area contributed by atoms with Gasteiger partial charge in [-0.05, 0) is 65.7 Å². The third kappa shape index (κ3) is 3.04. The van der Waals surface area contributed by atoms with Gasteiger partial charge >= 0.3 is 0 Å². The number of nitrogens with zero attached hydrogens (tertiary/aromatic N) is 1. The molecule has 4 nitrogen and oxygen atoms in total. The van der Waals surface area contributed by atoms with Crippen molar-refractivity contribution in [3.8, 4) is 28.3 Å². The lowest BCUT2D eigenvalue weighted by atomic mass is 9.96. The molecule has 2 heterocycles. The summed E-state index contributed by atoms with van der Waals surface area (Å²) in [5, 5.41) is 2.35. The first-order chi connectivity index (χ1) is 17.3. The van der Waals surface area contributed by atoms with E-state index in [4.69, 9.17) is 9.78 Å². The van der Waals surface area contributed by atoms with Gasteiger partial charge in [0.25, 0.3) is 0 Å². The van der Waals surface area contributed by atoms with Crippen molar-refractivity contribution >= 4 is 27.6 Å². The Bertz CT molecular complexity index is 1770. The van der Waals surface area contributed by atoms with Crippen LogP contribution in [0.1, 0.15) is 15.9 Å². The molecule has 35 heavy (non-hydrogen) atoms. The molecule has 0 spiro atoms. The quantitative estimate of drug-likeness (QED) is 0.257. The molecule has 0 saturated carbocycles. The number of para-hydroxylation sites is 3. The maximum absolute atomic E-state index is 13.3. The van der Waals surface area contributed by atoms with Gasteiger partial charge in [-0.15, -0.1) is 0 Å². The molecule has 1 aliphatic rings. The Morgan fingerprint density at radius 2 is 1.17 bits per heavy atom. The molecule has 0 unspecified atom stereocenters. The van der Waals surface area contributed by atoms with Gasteiger partial charge in [-0.2, -0.15) is 0 Å². The summed E-state index contributed by atoms with van der Waals surface area (Å²) in [4.78, 5) is 24.2. The van der Waals surface area contributed by atoms with Gasteiger partial charge in [-0.1, -0.05) is 60.7 Å². The normalized spacial score (nSPS) is 12.5. The maximum atomic E-state index is 13.3. The molecule has 166 valence electrons. The fourth-order valence-electron chi connectivity index (χ4n) is 4.93. The second-order valence-electron chi connectivity index (χ2n) is 8.62. The topological polar surface area (TPSA) is 40.5 Å². The van der Waals surface area contributed by atoms with Crippen LogP contribution in [0.2, 0.25) is 0 Å². The van der Waals surface area contributed by atoms with Crippen LogP contribution in [0.4, 0.5) is 0 Å². The van der Waals surface area contributed by atoms with E-state index in [2.05, 4.69) is 71.3 Å². The highest BCUT2D eigenvalue weighted by Crippen LogP contribution is 2.37. The number of ketones is 1. The van der Waals surface area contributed by atoms with Crippen molar-refractivity contribution in [2.45, 2.75) is 0 Å². The average molecular weight is 453 g/mol. The number of carbonyl (C=O) groups is 1. The van der Waals surface area contributed by atoms with Gasteiger partial charge in [0.2, 0.25) is 5.78 Å². The lowest BCUT2D eigenvalue weighted by Crippen LogP contribution is -2.01. The monoisotopic (exact) mass is 453 g/mol. The van der Waals surface area contributed by atoms with E-state index in [9.17, 15) is 4.79 Å². The zero-order valence-electron chi connectivity index (χ0n) is 18.6. The van der Waals surface area contributed by atoms with Crippen LogP contribution in [0.5, 0.6) is 11.5 Å². The molecular weight excluding hydrogens is 434 g/mol. The van der Waals surface area contributed by atoms with Gasteiger partial charge in [0, 0.05) is 16.5 Å². The van der Waals surface area contributed by atoms with Crippen molar-refractivity contribution in [3.05, 3.63) is 126 Å². The van der Waals surface area contributed by atoms with Gasteiger partial charge < -0.3 is 4.57 Å². The van der Waals surface area contributed by atoms with Crippen LogP contribution in [-0.2, 0) is 0 Å². The van der Waals surface area contributed by atoms with Crippen molar-refractivity contribution in [2.75, 3.05) is 0 Å². The predicted molar refractivity (Wildman–Crippen MR) is 137 cm³/mol. The maximum Gasteiger partial charge on any atom is 0.200 e. The summed E-state index contributed by atoms with van der Waals surface area (Å²) in [7, 11) is 0. The molecule has 7 rings (SSSR count). The third-order valence-electron chi connectivity index (χ3n) is 6.60. The standard InChI is InChI=1S/C31H19NO3/c33-31-24-11-5-7-13-29(24)34-35-30-17-15-21(19-26(30)31)20-14-16-28-25(18-20)23-10-4-6-12-27(23)32(28)22-8-2-1-3-9-22/h1-19H. The average Bonchev–Trinajstić information content (AvgIpc) is 3.18. The SMILES string of the molecule is O=C1c2ccccc2OOc2ccc(-c3ccc4c(c3)c3ccccc3n4-c3ccccc3)cc21. The Hall–Kier alpha value is -4.83. The summed E-state index contributed by atoms with van der Waals surface area (Å²) in [5.41, 5.74) is 6.37. The van der Waals surface area contributed by atoms with Crippen molar-refractivity contribution in [1.82, 2.24) is 4.57 Å². The van der Waals surface area contributed by atoms with Crippen molar-refractivity contribution in [3.63, 3.8) is 0 Å². The summed E-state index contributed by atoms with van der Waals surface area (Å²) < 4.78 is 2.29. The molecule has 0 fully saturated rings. The Morgan fingerprint density at radius 3 is 2.06 bits per heavy atom. The first kappa shape index (κ1) is 19.6. The molecule has 0 amide bonds. The largest absolute Gasteiger partial charge is 0.309 e. The molecule has 6 aromatic rings. The first-order valence-electron chi connectivity index (χ1n) is 11.5. The van der Waals surface area contributed by atoms with Crippen LogP contribution in [0.15, 0.2) is 115 Å². The molecule has 5 aromatic carbocycles. The summed E-state index contributed by atoms with van der Waals surface area (Å²) in [6, 6.07) is 38.1. The zero-order chi connectivity index (χ0) is 23.4. The highest BCUT2D eigenvalue weighted by atomic mass is 17.2. The molecule has 0 N–H and O–H groups in total. The van der Waals surface area contributed by atoms with Gasteiger partial charge in [0.15, 0.2) is 11.5 Å². The summed E-state index contributed by atoms with van der Waals surface area (Å²) in [5.74, 6) is 0.721. The number of hydrogen-bond donors (Lipinski definition) is 0. The molecular formula is C31H19NO3. The number of fused-ring (bicyclic) bond motifs is 5. The first-order valence-corrected chi connectivity index (χ1v) is 11.5. The van der Waals surface area contributed by atoms with Gasteiger partial charge in [0.1, 0.15) is 0 Å². The van der Waals surface area contributed by atoms with Crippen molar-refractivity contribution < 1.29 is 14.6 Å². The van der Waals surface area contributed by atoms with E-state index in [0.717, 1.165) is 33.2 Å². The van der Waals surface area contributed by atoms with Crippen LogP contribution in [0.3, 0.4) is 0 Å². The fraction of sp³-hybridized carbons (Fsp3) is 0. The smallest absolute Gasteiger partial charge is 0.200 e. The number of rotatable bonds is 2. The van der Waals surface area contributed by atoms with Crippen molar-refractivity contribution in [1.29, 1.82) is 0 Å². The van der Waals surface area contributed by atoms with Gasteiger partial charge in [-0.3, -0.25) is 14.6 Å². The minimum absolute atomic E-state index is 0.114. The summed E-state index contributed by atoms with van der Waals surface area (Å²) in [6.45, 7) is 0. The zero-order valence-corrected chi connectivity index (χ0v) is 18.6. The molecule has 0 atom stereocenters. The second kappa shape index (κ2) is 7.61. The second-order valence-corrected chi connectivity index (χ2v) is 8.62. The van der Waals surface area contributed by atoms with Crippen molar-refractivity contribution in [2.24, 2.45) is 0 Å². The van der Waals surface area contributed by atoms with E-state index in [0.29, 0.717) is 22.6 Å². The molecule has 0 saturated heterocycles. The third-order valence-corrected chi connectivity index (χ3v) is 6.60. The number of carbonyl (C=O) groups excluding carboxylic acids is 1. The van der Waals surface area contributed by atoms with E-state index in [1.165, 1.54) is 5.39 Å². The van der Waals surface area contributed by atoms with Crippen LogP contribution in [0.25, 0.3) is 38.6 Å². The molecule has 0 bridgehead atoms. The fourth-order valence-corrected chi connectivity index (χ4v) is 4.93. The highest BCUT2D eigenvalue weighted by molar-refractivity contribution is 6.14. The van der Waals surface area contributed by atoms with E-state index in [1.54, 1.807) is 18.2 Å². The van der Waals surface area contributed by atoms with Crippen LogP contribution < -0.4 is 9.78 Å². The molecule has 1 aliphatic heterocycles. The lowest BCUT2D eigenvalue weighted by Gasteiger charge is -2.09.